The lowest BCUT2D eigenvalue weighted by Gasteiger charge is -2.05. The Morgan fingerprint density at radius 3 is 2.71 bits per heavy atom. The van der Waals surface area contributed by atoms with Crippen LogP contribution in [0.3, 0.4) is 0 Å². The molecule has 0 bridgehead atoms. The number of aryl methyl sites for hydroxylation is 2. The molecule has 0 unspecified atom stereocenters. The third kappa shape index (κ3) is 2.56. The van der Waals surface area contributed by atoms with Crippen molar-refractivity contribution in [2.45, 2.75) is 33.4 Å². The zero-order chi connectivity index (χ0) is 10.7. The molecule has 1 aromatic heterocycles. The van der Waals surface area contributed by atoms with Crippen LogP contribution in [-0.4, -0.2) is 22.1 Å². The van der Waals surface area contributed by atoms with Crippen molar-refractivity contribution in [1.82, 2.24) is 10.3 Å². The number of aromatic nitrogens is 1. The monoisotopic (exact) mass is 198 g/mol. The second-order valence-corrected chi connectivity index (χ2v) is 3.19. The molecule has 0 aliphatic carbocycles. The van der Waals surface area contributed by atoms with Gasteiger partial charge in [0, 0.05) is 0 Å². The number of hydrogen-bond acceptors (Lipinski definition) is 4. The van der Waals surface area contributed by atoms with Crippen molar-refractivity contribution in [3.05, 3.63) is 17.3 Å². The van der Waals surface area contributed by atoms with Crippen molar-refractivity contribution in [3.8, 4) is 0 Å². The molecule has 0 aliphatic rings. The molecule has 14 heavy (non-hydrogen) atoms. The highest BCUT2D eigenvalue weighted by molar-refractivity contribution is 5.72. The molecule has 1 rings (SSSR count). The smallest absolute Gasteiger partial charge is 0.320 e. The number of hydrogen-bond donors (Lipinski definition) is 2. The molecule has 78 valence electrons. The predicted octanol–water partition coefficient (Wildman–Crippen LogP) is 0.854. The van der Waals surface area contributed by atoms with Gasteiger partial charge in [0.2, 0.25) is 5.89 Å². The molecule has 0 fully saturated rings. The van der Waals surface area contributed by atoms with Gasteiger partial charge in [-0.3, -0.25) is 10.1 Å². The van der Waals surface area contributed by atoms with Gasteiger partial charge in [0.25, 0.3) is 0 Å². The Labute approximate surface area is 82.1 Å². The maximum atomic E-state index is 10.5. The fraction of sp³-hybridized carbons (Fsp3) is 0.556. The Morgan fingerprint density at radius 2 is 2.29 bits per heavy atom. The van der Waals surface area contributed by atoms with Crippen molar-refractivity contribution in [3.63, 3.8) is 0 Å². The summed E-state index contributed by atoms with van der Waals surface area (Å²) in [6.45, 7) is 5.59. The summed E-state index contributed by atoms with van der Waals surface area (Å²) in [6.07, 6.45) is 0. The summed E-state index contributed by atoms with van der Waals surface area (Å²) < 4.78 is 5.28. The average Bonchev–Trinajstić information content (AvgIpc) is 2.42. The molecule has 0 saturated heterocycles. The molecule has 5 nitrogen and oxygen atoms in total. The number of carbonyl (C=O) groups is 1. The minimum atomic E-state index is -0.884. The van der Waals surface area contributed by atoms with Gasteiger partial charge in [-0.25, -0.2) is 4.98 Å². The van der Waals surface area contributed by atoms with Gasteiger partial charge in [0.05, 0.1) is 12.2 Å². The van der Waals surface area contributed by atoms with Crippen LogP contribution in [0, 0.1) is 13.8 Å². The Bertz CT molecular complexity index is 313. The van der Waals surface area contributed by atoms with E-state index in [-0.39, 0.29) is 0 Å². The largest absolute Gasteiger partial charge is 0.480 e. The summed E-state index contributed by atoms with van der Waals surface area (Å²) in [4.78, 5) is 14.6. The van der Waals surface area contributed by atoms with Crippen LogP contribution in [0.4, 0.5) is 0 Å². The maximum Gasteiger partial charge on any atom is 0.320 e. The van der Waals surface area contributed by atoms with Crippen LogP contribution >= 0.6 is 0 Å². The van der Waals surface area contributed by atoms with E-state index in [4.69, 9.17) is 9.52 Å². The molecule has 1 aromatic rings. The Balaban J connectivity index is 2.50. The first-order valence-corrected chi connectivity index (χ1v) is 4.40. The molecular weight excluding hydrogens is 184 g/mol. The summed E-state index contributed by atoms with van der Waals surface area (Å²) in [5.41, 5.74) is 0.838. The average molecular weight is 198 g/mol. The fourth-order valence-electron chi connectivity index (χ4n) is 0.942. The Kier molecular flexibility index (Phi) is 3.24. The second-order valence-electron chi connectivity index (χ2n) is 3.19. The zero-order valence-electron chi connectivity index (χ0n) is 8.50. The van der Waals surface area contributed by atoms with Gasteiger partial charge in [-0.05, 0) is 20.8 Å². The van der Waals surface area contributed by atoms with Crippen LogP contribution in [0.15, 0.2) is 4.42 Å². The van der Waals surface area contributed by atoms with Crippen molar-refractivity contribution in [1.29, 1.82) is 0 Å². The molecule has 0 radical (unpaired) electrons. The van der Waals surface area contributed by atoms with Gasteiger partial charge in [-0.2, -0.15) is 0 Å². The van der Waals surface area contributed by atoms with Gasteiger partial charge in [0.15, 0.2) is 0 Å². The first-order chi connectivity index (χ1) is 6.50. The molecule has 0 aromatic carbocycles. The van der Waals surface area contributed by atoms with Gasteiger partial charge in [-0.1, -0.05) is 0 Å². The Hall–Kier alpha value is -1.36. The molecule has 1 heterocycles. The van der Waals surface area contributed by atoms with Crippen molar-refractivity contribution in [2.24, 2.45) is 0 Å². The topological polar surface area (TPSA) is 75.4 Å². The van der Waals surface area contributed by atoms with Crippen LogP contribution in [-0.2, 0) is 11.3 Å². The molecule has 1 atom stereocenters. The van der Waals surface area contributed by atoms with E-state index in [2.05, 4.69) is 10.3 Å². The fourth-order valence-corrected chi connectivity index (χ4v) is 0.942. The minimum Gasteiger partial charge on any atom is -0.480 e. The molecule has 0 spiro atoms. The number of aliphatic carboxylic acids is 1. The number of carboxylic acid groups (broad SMARTS) is 1. The number of oxazole rings is 1. The van der Waals surface area contributed by atoms with Gasteiger partial charge >= 0.3 is 5.97 Å². The van der Waals surface area contributed by atoms with E-state index >= 15 is 0 Å². The van der Waals surface area contributed by atoms with E-state index in [0.717, 1.165) is 11.5 Å². The first kappa shape index (κ1) is 10.7. The molecule has 0 aliphatic heterocycles. The lowest BCUT2D eigenvalue weighted by Crippen LogP contribution is -2.33. The van der Waals surface area contributed by atoms with E-state index in [1.165, 1.54) is 0 Å². The third-order valence-corrected chi connectivity index (χ3v) is 2.00. The zero-order valence-corrected chi connectivity index (χ0v) is 8.50. The number of nitrogens with zero attached hydrogens (tertiary/aromatic N) is 1. The molecule has 5 heteroatoms. The normalized spacial score (nSPS) is 12.8. The highest BCUT2D eigenvalue weighted by Gasteiger charge is 2.11. The summed E-state index contributed by atoms with van der Waals surface area (Å²) in [6, 6.07) is -0.595. The minimum absolute atomic E-state index is 0.335. The number of rotatable bonds is 4. The van der Waals surface area contributed by atoms with E-state index in [1.54, 1.807) is 6.92 Å². The van der Waals surface area contributed by atoms with Crippen LogP contribution in [0.25, 0.3) is 0 Å². The quantitative estimate of drug-likeness (QED) is 0.750. The predicted molar refractivity (Wildman–Crippen MR) is 49.9 cm³/mol. The SMILES string of the molecule is Cc1nc(CN[C@@H](C)C(=O)O)oc1C. The van der Waals surface area contributed by atoms with Crippen molar-refractivity contribution in [2.75, 3.05) is 0 Å². The van der Waals surface area contributed by atoms with E-state index in [1.807, 2.05) is 13.8 Å². The highest BCUT2D eigenvalue weighted by Crippen LogP contribution is 2.07. The van der Waals surface area contributed by atoms with E-state index in [0.29, 0.717) is 12.4 Å². The summed E-state index contributed by atoms with van der Waals surface area (Å²) in [7, 11) is 0. The molecule has 0 saturated carbocycles. The van der Waals surface area contributed by atoms with E-state index in [9.17, 15) is 4.79 Å². The molecule has 2 N–H and O–H groups in total. The van der Waals surface area contributed by atoms with Crippen LogP contribution in [0.5, 0.6) is 0 Å². The van der Waals surface area contributed by atoms with Crippen LogP contribution in [0.2, 0.25) is 0 Å². The summed E-state index contributed by atoms with van der Waals surface area (Å²) in [5, 5.41) is 11.4. The highest BCUT2D eigenvalue weighted by atomic mass is 16.4. The summed E-state index contributed by atoms with van der Waals surface area (Å²) >= 11 is 0. The van der Waals surface area contributed by atoms with Crippen molar-refractivity contribution >= 4 is 5.97 Å². The number of nitrogens with one attached hydrogen (secondary N) is 1. The van der Waals surface area contributed by atoms with E-state index < -0.39 is 12.0 Å². The van der Waals surface area contributed by atoms with Crippen molar-refractivity contribution < 1.29 is 14.3 Å². The lowest BCUT2D eigenvalue weighted by atomic mass is 10.3. The lowest BCUT2D eigenvalue weighted by molar-refractivity contribution is -0.139. The molecular formula is C9H14N2O3. The first-order valence-electron chi connectivity index (χ1n) is 4.40. The van der Waals surface area contributed by atoms with Crippen LogP contribution < -0.4 is 5.32 Å². The standard InChI is InChI=1S/C9H14N2O3/c1-5-7(3)14-8(11-5)4-10-6(2)9(12)13/h6,10H,4H2,1-3H3,(H,12,13)/t6-/m0/s1. The summed E-state index contributed by atoms with van der Waals surface area (Å²) in [5.74, 6) is 0.405. The third-order valence-electron chi connectivity index (χ3n) is 2.00. The number of carboxylic acids is 1. The van der Waals surface area contributed by atoms with Crippen LogP contribution in [0.1, 0.15) is 24.3 Å². The second kappa shape index (κ2) is 4.23. The van der Waals surface area contributed by atoms with Gasteiger partial charge in [-0.15, -0.1) is 0 Å². The molecule has 0 amide bonds. The Morgan fingerprint density at radius 1 is 1.64 bits per heavy atom. The van der Waals surface area contributed by atoms with Gasteiger partial charge < -0.3 is 9.52 Å². The maximum absolute atomic E-state index is 10.5. The van der Waals surface area contributed by atoms with Gasteiger partial charge in [0.1, 0.15) is 11.8 Å².